The second-order valence-corrected chi connectivity index (χ2v) is 9.03. The summed E-state index contributed by atoms with van der Waals surface area (Å²) in [5.41, 5.74) is 2.56. The molecule has 3 N–H and O–H groups in total. The second kappa shape index (κ2) is 11.7. The van der Waals surface area contributed by atoms with E-state index in [1.165, 1.54) is 0 Å². The number of hydrogen-bond donors (Lipinski definition) is 3. The van der Waals surface area contributed by atoms with Crippen molar-refractivity contribution in [1.82, 2.24) is 35.8 Å². The van der Waals surface area contributed by atoms with Gasteiger partial charge in [0.05, 0.1) is 13.7 Å². The summed E-state index contributed by atoms with van der Waals surface area (Å²) < 4.78 is 5.23. The number of rotatable bonds is 9. The Labute approximate surface area is 209 Å². The molecule has 1 aliphatic rings. The van der Waals surface area contributed by atoms with Gasteiger partial charge in [-0.05, 0) is 73.6 Å². The molecule has 0 aliphatic heterocycles. The molecule has 2 amide bonds. The number of carbonyl (C=O) groups excluding carboxylic acids is 2. The summed E-state index contributed by atoms with van der Waals surface area (Å²) in [6.07, 6.45) is 3.57. The van der Waals surface area contributed by atoms with Crippen molar-refractivity contribution in [2.75, 3.05) is 13.7 Å². The maximum Gasteiger partial charge on any atom is 0.270 e. The van der Waals surface area contributed by atoms with Crippen LogP contribution in [0, 0.1) is 12.8 Å². The molecule has 190 valence electrons. The van der Waals surface area contributed by atoms with Crippen LogP contribution in [0.25, 0.3) is 11.4 Å². The van der Waals surface area contributed by atoms with E-state index in [2.05, 4.69) is 31.0 Å². The van der Waals surface area contributed by atoms with E-state index < -0.39 is 6.61 Å². The smallest absolute Gasteiger partial charge is 0.270 e. The summed E-state index contributed by atoms with van der Waals surface area (Å²) in [5.74, 6) is 0.924. The molecule has 4 rings (SSSR count). The highest BCUT2D eigenvalue weighted by atomic mass is 16.5. The summed E-state index contributed by atoms with van der Waals surface area (Å²) in [7, 11) is 1.60. The molecular weight excluding hydrogens is 462 g/mol. The van der Waals surface area contributed by atoms with Crippen LogP contribution >= 0.6 is 0 Å². The SMILES string of the molecule is COc1cccc(CNC(=O)c2cc(-c3nnn(C[C@H]4CC[C@@H](NC(=O)CO)CC4)n3)cc(C)n2)c1. The van der Waals surface area contributed by atoms with Crippen molar-refractivity contribution in [3.63, 3.8) is 0 Å². The third-order valence-corrected chi connectivity index (χ3v) is 6.26. The van der Waals surface area contributed by atoms with Crippen molar-refractivity contribution < 1.29 is 19.4 Å². The molecule has 0 saturated heterocycles. The van der Waals surface area contributed by atoms with Crippen molar-refractivity contribution in [2.45, 2.75) is 51.7 Å². The van der Waals surface area contributed by atoms with E-state index in [0.717, 1.165) is 37.0 Å². The highest BCUT2D eigenvalue weighted by molar-refractivity contribution is 5.93. The van der Waals surface area contributed by atoms with Gasteiger partial charge in [-0.25, -0.2) is 4.98 Å². The molecule has 0 atom stereocenters. The molecule has 1 saturated carbocycles. The molecule has 0 radical (unpaired) electrons. The Hall–Kier alpha value is -3.86. The van der Waals surface area contributed by atoms with Crippen molar-refractivity contribution in [3.8, 4) is 17.1 Å². The van der Waals surface area contributed by atoms with Crippen LogP contribution in [0.3, 0.4) is 0 Å². The highest BCUT2D eigenvalue weighted by Gasteiger charge is 2.23. The van der Waals surface area contributed by atoms with Crippen molar-refractivity contribution in [3.05, 3.63) is 53.3 Å². The van der Waals surface area contributed by atoms with Gasteiger partial charge in [0.25, 0.3) is 5.91 Å². The molecule has 0 bridgehead atoms. The molecule has 3 aromatic rings. The molecule has 0 unspecified atom stereocenters. The van der Waals surface area contributed by atoms with E-state index in [-0.39, 0.29) is 23.6 Å². The number of amides is 2. The van der Waals surface area contributed by atoms with Gasteiger partial charge in [0.15, 0.2) is 0 Å². The molecule has 0 spiro atoms. The maximum atomic E-state index is 12.8. The van der Waals surface area contributed by atoms with Gasteiger partial charge in [0.2, 0.25) is 11.7 Å². The number of benzene rings is 1. The van der Waals surface area contributed by atoms with Gasteiger partial charge in [-0.2, -0.15) is 4.80 Å². The minimum atomic E-state index is -0.480. The number of aromatic nitrogens is 5. The number of tetrazole rings is 1. The van der Waals surface area contributed by atoms with Gasteiger partial charge in [-0.15, -0.1) is 10.2 Å². The topological polar surface area (TPSA) is 144 Å². The Morgan fingerprint density at radius 3 is 2.72 bits per heavy atom. The quantitative estimate of drug-likeness (QED) is 0.408. The lowest BCUT2D eigenvalue weighted by Crippen LogP contribution is -2.39. The lowest BCUT2D eigenvalue weighted by molar-refractivity contribution is -0.124. The second-order valence-electron chi connectivity index (χ2n) is 9.03. The number of aryl methyl sites for hydroxylation is 1. The first-order valence-corrected chi connectivity index (χ1v) is 12.0. The Morgan fingerprint density at radius 2 is 1.97 bits per heavy atom. The number of methoxy groups -OCH3 is 1. The summed E-state index contributed by atoms with van der Waals surface area (Å²) in [5, 5.41) is 27.6. The number of ether oxygens (including phenoxy) is 1. The van der Waals surface area contributed by atoms with Crippen molar-refractivity contribution in [2.24, 2.45) is 5.92 Å². The number of hydrogen-bond acceptors (Lipinski definition) is 8. The van der Waals surface area contributed by atoms with Gasteiger partial charge in [0, 0.05) is 23.8 Å². The fraction of sp³-hybridized carbons (Fsp3) is 0.440. The van der Waals surface area contributed by atoms with E-state index in [1.54, 1.807) is 18.0 Å². The first-order chi connectivity index (χ1) is 17.4. The van der Waals surface area contributed by atoms with Gasteiger partial charge in [-0.1, -0.05) is 12.1 Å². The predicted molar refractivity (Wildman–Crippen MR) is 131 cm³/mol. The summed E-state index contributed by atoms with van der Waals surface area (Å²) in [4.78, 5) is 30.1. The van der Waals surface area contributed by atoms with Crippen molar-refractivity contribution in [1.29, 1.82) is 0 Å². The number of aliphatic hydroxyl groups is 1. The Kier molecular flexibility index (Phi) is 8.21. The number of pyridine rings is 1. The Balaban J connectivity index is 1.36. The normalized spacial score (nSPS) is 17.4. The number of aliphatic hydroxyl groups excluding tert-OH is 1. The van der Waals surface area contributed by atoms with Gasteiger partial charge in [0.1, 0.15) is 18.1 Å². The first kappa shape index (κ1) is 25.2. The zero-order chi connectivity index (χ0) is 25.5. The van der Waals surface area contributed by atoms with Crippen LogP contribution in [0.5, 0.6) is 5.75 Å². The molecule has 2 aromatic heterocycles. The maximum absolute atomic E-state index is 12.8. The lowest BCUT2D eigenvalue weighted by Gasteiger charge is -2.28. The van der Waals surface area contributed by atoms with Crippen LogP contribution < -0.4 is 15.4 Å². The van der Waals surface area contributed by atoms with Gasteiger partial charge >= 0.3 is 0 Å². The average molecular weight is 494 g/mol. The molecule has 1 aromatic carbocycles. The zero-order valence-electron chi connectivity index (χ0n) is 20.5. The third-order valence-electron chi connectivity index (χ3n) is 6.26. The largest absolute Gasteiger partial charge is 0.497 e. The minimum absolute atomic E-state index is 0.105. The van der Waals surface area contributed by atoms with E-state index in [9.17, 15) is 9.59 Å². The monoisotopic (exact) mass is 493 g/mol. The fourth-order valence-electron chi connectivity index (χ4n) is 4.40. The molecule has 11 heteroatoms. The molecule has 1 aliphatic carbocycles. The molecule has 1 fully saturated rings. The Bertz CT molecular complexity index is 1200. The first-order valence-electron chi connectivity index (χ1n) is 12.0. The summed E-state index contributed by atoms with van der Waals surface area (Å²) in [6.45, 7) is 2.32. The number of nitrogens with zero attached hydrogens (tertiary/aromatic N) is 5. The van der Waals surface area contributed by atoms with E-state index >= 15 is 0 Å². The molecular formula is C25H31N7O4. The highest BCUT2D eigenvalue weighted by Crippen LogP contribution is 2.26. The van der Waals surface area contributed by atoms with Crippen LogP contribution in [0.1, 0.15) is 47.4 Å². The average Bonchev–Trinajstić information content (AvgIpc) is 3.36. The van der Waals surface area contributed by atoms with Gasteiger partial charge in [-0.3, -0.25) is 9.59 Å². The molecule has 11 nitrogen and oxygen atoms in total. The fourth-order valence-corrected chi connectivity index (χ4v) is 4.40. The standard InChI is InChI=1S/C25H31N7O4/c1-16-10-19(12-22(27-16)25(35)26-13-18-4-3-5-21(11-18)36-2)24-29-31-32(30-24)14-17-6-8-20(9-7-17)28-23(34)15-33/h3-5,10-12,17,20,33H,6-9,13-15H2,1-2H3,(H,26,35)(H,28,34)/t17-,20+. The Morgan fingerprint density at radius 1 is 1.17 bits per heavy atom. The van der Waals surface area contributed by atoms with Crippen molar-refractivity contribution >= 4 is 11.8 Å². The third kappa shape index (κ3) is 6.63. The van der Waals surface area contributed by atoms with Crippen LogP contribution in [-0.4, -0.2) is 61.9 Å². The van der Waals surface area contributed by atoms with Gasteiger partial charge < -0.3 is 20.5 Å². The zero-order valence-corrected chi connectivity index (χ0v) is 20.5. The number of carbonyl (C=O) groups is 2. The summed E-state index contributed by atoms with van der Waals surface area (Å²) in [6, 6.07) is 11.1. The van der Waals surface area contributed by atoms with E-state index in [1.807, 2.05) is 37.3 Å². The molecule has 36 heavy (non-hydrogen) atoms. The predicted octanol–water partition coefficient (Wildman–Crippen LogP) is 1.65. The van der Waals surface area contributed by atoms with Crippen LogP contribution in [0.2, 0.25) is 0 Å². The van der Waals surface area contributed by atoms with Crippen LogP contribution in [-0.2, 0) is 17.9 Å². The van der Waals surface area contributed by atoms with E-state index in [0.29, 0.717) is 36.1 Å². The summed E-state index contributed by atoms with van der Waals surface area (Å²) >= 11 is 0. The minimum Gasteiger partial charge on any atom is -0.497 e. The van der Waals surface area contributed by atoms with Crippen LogP contribution in [0.4, 0.5) is 0 Å². The van der Waals surface area contributed by atoms with E-state index in [4.69, 9.17) is 9.84 Å². The van der Waals surface area contributed by atoms with Crippen LogP contribution in [0.15, 0.2) is 36.4 Å². The molecule has 2 heterocycles. The number of nitrogens with one attached hydrogen (secondary N) is 2. The lowest BCUT2D eigenvalue weighted by atomic mass is 9.86.